The minimum atomic E-state index is -0.949. The molecule has 2 aliphatic rings. The largest absolute Gasteiger partial charge is 0.480 e. The molecule has 2 amide bonds. The van der Waals surface area contributed by atoms with Crippen molar-refractivity contribution in [3.05, 3.63) is 0 Å². The first kappa shape index (κ1) is 14.1. The van der Waals surface area contributed by atoms with Crippen molar-refractivity contribution >= 4 is 12.0 Å². The Morgan fingerprint density at radius 3 is 2.53 bits per heavy atom. The molecule has 0 radical (unpaired) electrons. The summed E-state index contributed by atoms with van der Waals surface area (Å²) in [6.45, 7) is 4.04. The standard InChI is InChI=1S/C13H23N3O3/c17-12(18)10-16(9-11-3-4-11)13(19)14-5-8-15-6-1-2-7-15/h11H,1-10H2,(H,14,19)(H,17,18). The number of urea groups is 1. The number of carbonyl (C=O) groups is 2. The van der Waals surface area contributed by atoms with Crippen molar-refractivity contribution in [3.8, 4) is 0 Å². The van der Waals surface area contributed by atoms with E-state index >= 15 is 0 Å². The molecule has 2 N–H and O–H groups in total. The highest BCUT2D eigenvalue weighted by atomic mass is 16.4. The molecular formula is C13H23N3O3. The number of nitrogens with one attached hydrogen (secondary N) is 1. The van der Waals surface area contributed by atoms with E-state index in [-0.39, 0.29) is 12.6 Å². The van der Waals surface area contributed by atoms with Gasteiger partial charge in [0, 0.05) is 19.6 Å². The molecule has 1 aliphatic heterocycles. The van der Waals surface area contributed by atoms with Crippen molar-refractivity contribution in [1.82, 2.24) is 15.1 Å². The summed E-state index contributed by atoms with van der Waals surface area (Å²) in [6.07, 6.45) is 4.69. The summed E-state index contributed by atoms with van der Waals surface area (Å²) in [5.41, 5.74) is 0. The number of carboxylic acids is 1. The minimum absolute atomic E-state index is 0.202. The van der Waals surface area contributed by atoms with Gasteiger partial charge in [-0.1, -0.05) is 0 Å². The lowest BCUT2D eigenvalue weighted by Gasteiger charge is -2.22. The summed E-state index contributed by atoms with van der Waals surface area (Å²) in [5.74, 6) is -0.445. The zero-order valence-electron chi connectivity index (χ0n) is 11.3. The first-order chi connectivity index (χ1) is 9.15. The van der Waals surface area contributed by atoms with Crippen LogP contribution in [0, 0.1) is 5.92 Å². The third-order valence-electron chi connectivity index (χ3n) is 3.69. The third-order valence-corrected chi connectivity index (χ3v) is 3.69. The molecule has 108 valence electrons. The number of hydrogen-bond acceptors (Lipinski definition) is 3. The van der Waals surface area contributed by atoms with Crippen LogP contribution in [0.1, 0.15) is 25.7 Å². The molecule has 0 aromatic rings. The normalized spacial score (nSPS) is 19.4. The highest BCUT2D eigenvalue weighted by Crippen LogP contribution is 2.29. The number of nitrogens with zero attached hydrogens (tertiary/aromatic N) is 2. The lowest BCUT2D eigenvalue weighted by molar-refractivity contribution is -0.137. The van der Waals surface area contributed by atoms with Gasteiger partial charge in [-0.25, -0.2) is 4.79 Å². The molecule has 2 rings (SSSR count). The lowest BCUT2D eigenvalue weighted by atomic mass is 10.3. The van der Waals surface area contributed by atoms with Crippen molar-refractivity contribution in [2.24, 2.45) is 5.92 Å². The topological polar surface area (TPSA) is 72.9 Å². The van der Waals surface area contributed by atoms with E-state index in [1.165, 1.54) is 17.7 Å². The molecule has 0 spiro atoms. The van der Waals surface area contributed by atoms with E-state index in [1.54, 1.807) is 0 Å². The summed E-state index contributed by atoms with van der Waals surface area (Å²) in [5, 5.41) is 11.7. The Morgan fingerprint density at radius 2 is 1.95 bits per heavy atom. The fraction of sp³-hybridized carbons (Fsp3) is 0.846. The number of carboxylic acid groups (broad SMARTS) is 1. The number of likely N-dealkylation sites (tertiary alicyclic amines) is 1. The van der Waals surface area contributed by atoms with Gasteiger partial charge in [-0.05, 0) is 44.7 Å². The Labute approximate surface area is 113 Å². The Hall–Kier alpha value is -1.30. The van der Waals surface area contributed by atoms with E-state index in [0.29, 0.717) is 19.0 Å². The van der Waals surface area contributed by atoms with Crippen LogP contribution in [0.5, 0.6) is 0 Å². The second-order valence-corrected chi connectivity index (χ2v) is 5.50. The Bertz CT molecular complexity index is 325. The predicted octanol–water partition coefficient (Wildman–Crippen LogP) is 0.588. The van der Waals surface area contributed by atoms with Crippen molar-refractivity contribution < 1.29 is 14.7 Å². The fourth-order valence-electron chi connectivity index (χ4n) is 2.43. The maximum atomic E-state index is 11.9. The molecule has 1 saturated carbocycles. The van der Waals surface area contributed by atoms with E-state index in [1.807, 2.05) is 0 Å². The van der Waals surface area contributed by atoms with Crippen molar-refractivity contribution in [1.29, 1.82) is 0 Å². The zero-order chi connectivity index (χ0) is 13.7. The molecule has 0 unspecified atom stereocenters. The molecule has 0 aromatic carbocycles. The average molecular weight is 269 g/mol. The van der Waals surface area contributed by atoms with Crippen LogP contribution in [0.3, 0.4) is 0 Å². The number of carbonyl (C=O) groups excluding carboxylic acids is 1. The third kappa shape index (κ3) is 5.06. The van der Waals surface area contributed by atoms with Gasteiger partial charge in [-0.15, -0.1) is 0 Å². The maximum Gasteiger partial charge on any atom is 0.323 e. The first-order valence-electron chi connectivity index (χ1n) is 7.12. The van der Waals surface area contributed by atoms with Crippen molar-refractivity contribution in [2.45, 2.75) is 25.7 Å². The highest BCUT2D eigenvalue weighted by Gasteiger charge is 2.27. The Balaban J connectivity index is 1.69. The number of aliphatic carboxylic acids is 1. The lowest BCUT2D eigenvalue weighted by Crippen LogP contribution is -2.45. The molecule has 1 heterocycles. The summed E-state index contributed by atoms with van der Waals surface area (Å²) in [6, 6.07) is -0.242. The smallest absolute Gasteiger partial charge is 0.323 e. The molecule has 1 saturated heterocycles. The highest BCUT2D eigenvalue weighted by molar-refractivity contribution is 5.80. The van der Waals surface area contributed by atoms with Crippen LogP contribution in [0.25, 0.3) is 0 Å². The van der Waals surface area contributed by atoms with Gasteiger partial charge in [0.1, 0.15) is 6.54 Å². The average Bonchev–Trinajstić information content (AvgIpc) is 3.02. The maximum absolute atomic E-state index is 11.9. The fourth-order valence-corrected chi connectivity index (χ4v) is 2.43. The molecular weight excluding hydrogens is 246 g/mol. The Morgan fingerprint density at radius 1 is 1.26 bits per heavy atom. The molecule has 1 aliphatic carbocycles. The predicted molar refractivity (Wildman–Crippen MR) is 71.0 cm³/mol. The van der Waals surface area contributed by atoms with Crippen LogP contribution in [-0.4, -0.2) is 66.2 Å². The molecule has 6 nitrogen and oxygen atoms in total. The van der Waals surface area contributed by atoms with Gasteiger partial charge in [0.05, 0.1) is 0 Å². The van der Waals surface area contributed by atoms with E-state index in [4.69, 9.17) is 5.11 Å². The van der Waals surface area contributed by atoms with Gasteiger partial charge in [0.15, 0.2) is 0 Å². The first-order valence-corrected chi connectivity index (χ1v) is 7.12. The number of rotatable bonds is 7. The van der Waals surface area contributed by atoms with Gasteiger partial charge < -0.3 is 20.2 Å². The molecule has 6 heteroatoms. The van der Waals surface area contributed by atoms with Crippen LogP contribution in [0.15, 0.2) is 0 Å². The van der Waals surface area contributed by atoms with Crippen LogP contribution in [0.4, 0.5) is 4.79 Å². The van der Waals surface area contributed by atoms with Crippen LogP contribution in [0.2, 0.25) is 0 Å². The molecule has 0 aromatic heterocycles. The second kappa shape index (κ2) is 6.75. The van der Waals surface area contributed by atoms with E-state index in [0.717, 1.165) is 32.5 Å². The van der Waals surface area contributed by atoms with Crippen LogP contribution in [-0.2, 0) is 4.79 Å². The summed E-state index contributed by atoms with van der Waals surface area (Å²) < 4.78 is 0. The van der Waals surface area contributed by atoms with Gasteiger partial charge >= 0.3 is 12.0 Å². The van der Waals surface area contributed by atoms with Crippen LogP contribution < -0.4 is 5.32 Å². The molecule has 0 bridgehead atoms. The summed E-state index contributed by atoms with van der Waals surface area (Å²) in [7, 11) is 0. The Kier molecular flexibility index (Phi) is 5.01. The number of hydrogen-bond donors (Lipinski definition) is 2. The number of amides is 2. The molecule has 0 atom stereocenters. The van der Waals surface area contributed by atoms with Gasteiger partial charge in [-0.2, -0.15) is 0 Å². The van der Waals surface area contributed by atoms with E-state index < -0.39 is 5.97 Å². The zero-order valence-corrected chi connectivity index (χ0v) is 11.3. The second-order valence-electron chi connectivity index (χ2n) is 5.50. The summed E-state index contributed by atoms with van der Waals surface area (Å²) in [4.78, 5) is 26.5. The molecule has 19 heavy (non-hydrogen) atoms. The summed E-state index contributed by atoms with van der Waals surface area (Å²) >= 11 is 0. The van der Waals surface area contributed by atoms with Gasteiger partial charge in [0.2, 0.25) is 0 Å². The van der Waals surface area contributed by atoms with E-state index in [2.05, 4.69) is 10.2 Å². The monoisotopic (exact) mass is 269 g/mol. The minimum Gasteiger partial charge on any atom is -0.480 e. The van der Waals surface area contributed by atoms with Crippen LogP contribution >= 0.6 is 0 Å². The van der Waals surface area contributed by atoms with Crippen molar-refractivity contribution in [2.75, 3.05) is 39.3 Å². The SMILES string of the molecule is O=C(O)CN(CC1CC1)C(=O)NCCN1CCCC1. The van der Waals surface area contributed by atoms with Gasteiger partial charge in [-0.3, -0.25) is 4.79 Å². The van der Waals surface area contributed by atoms with Gasteiger partial charge in [0.25, 0.3) is 0 Å². The quantitative estimate of drug-likeness (QED) is 0.709. The van der Waals surface area contributed by atoms with Crippen molar-refractivity contribution in [3.63, 3.8) is 0 Å². The molecule has 2 fully saturated rings. The van der Waals surface area contributed by atoms with E-state index in [9.17, 15) is 9.59 Å².